The summed E-state index contributed by atoms with van der Waals surface area (Å²) in [7, 11) is 0. The lowest BCUT2D eigenvalue weighted by molar-refractivity contribution is -0.118. The summed E-state index contributed by atoms with van der Waals surface area (Å²) in [6.45, 7) is 5.22. The largest absolute Gasteiger partial charge is 0.354 e. The Morgan fingerprint density at radius 3 is 2.73 bits per heavy atom. The third kappa shape index (κ3) is 4.53. The summed E-state index contributed by atoms with van der Waals surface area (Å²) in [5.41, 5.74) is 3.29. The summed E-state index contributed by atoms with van der Waals surface area (Å²) in [6.07, 6.45) is 0. The van der Waals surface area contributed by atoms with E-state index in [0.717, 1.165) is 16.3 Å². The van der Waals surface area contributed by atoms with Crippen molar-refractivity contribution in [2.24, 2.45) is 0 Å². The summed E-state index contributed by atoms with van der Waals surface area (Å²) < 4.78 is 14.8. The number of amides is 1. The van der Waals surface area contributed by atoms with Gasteiger partial charge in [-0.05, 0) is 49.6 Å². The summed E-state index contributed by atoms with van der Waals surface area (Å²) in [5, 5.41) is 9.57. The molecule has 1 amide bonds. The van der Waals surface area contributed by atoms with E-state index < -0.39 is 0 Å². The molecule has 0 unspecified atom stereocenters. The minimum atomic E-state index is -0.273. The summed E-state index contributed by atoms with van der Waals surface area (Å²) in [6, 6.07) is 10.3. The molecule has 0 saturated heterocycles. The molecular weight excluding hydrogens is 369 g/mol. The van der Waals surface area contributed by atoms with Crippen molar-refractivity contribution in [3.05, 3.63) is 59.0 Å². The molecule has 136 valence electrons. The molecule has 0 atom stereocenters. The first-order valence-corrected chi connectivity index (χ1v) is 10.1. The molecule has 4 nitrogen and oxygen atoms in total. The zero-order valence-corrected chi connectivity index (χ0v) is 16.3. The Hall–Kier alpha value is -2.12. The SMILES string of the molecule is Cc1nn(CCNC(=O)CSc2ccc(F)cc2)c(C)c1-c1cccs1. The molecule has 26 heavy (non-hydrogen) atoms. The molecular formula is C19H20FN3OS2. The minimum absolute atomic E-state index is 0.0423. The van der Waals surface area contributed by atoms with Gasteiger partial charge in [0.25, 0.3) is 0 Å². The van der Waals surface area contributed by atoms with Gasteiger partial charge in [0.2, 0.25) is 5.91 Å². The number of aryl methyl sites for hydroxylation is 1. The first kappa shape index (κ1) is 18.7. The van der Waals surface area contributed by atoms with E-state index in [-0.39, 0.29) is 11.7 Å². The lowest BCUT2D eigenvalue weighted by Gasteiger charge is -2.07. The van der Waals surface area contributed by atoms with Crippen LogP contribution in [-0.4, -0.2) is 28.0 Å². The highest BCUT2D eigenvalue weighted by Gasteiger charge is 2.14. The third-order valence-electron chi connectivity index (χ3n) is 3.98. The van der Waals surface area contributed by atoms with E-state index in [1.54, 1.807) is 23.5 Å². The lowest BCUT2D eigenvalue weighted by Crippen LogP contribution is -2.29. The van der Waals surface area contributed by atoms with Crippen LogP contribution in [0.4, 0.5) is 4.39 Å². The molecule has 0 aliphatic heterocycles. The molecule has 0 fully saturated rings. The molecule has 7 heteroatoms. The second-order valence-corrected chi connectivity index (χ2v) is 7.84. The van der Waals surface area contributed by atoms with Gasteiger partial charge in [0.15, 0.2) is 0 Å². The summed E-state index contributed by atoms with van der Waals surface area (Å²) >= 11 is 3.09. The van der Waals surface area contributed by atoms with Crippen molar-refractivity contribution in [3.8, 4) is 10.4 Å². The maximum Gasteiger partial charge on any atom is 0.230 e. The average Bonchev–Trinajstić information content (AvgIpc) is 3.23. The van der Waals surface area contributed by atoms with E-state index in [1.807, 2.05) is 17.7 Å². The highest BCUT2D eigenvalue weighted by atomic mass is 32.2. The van der Waals surface area contributed by atoms with Crippen LogP contribution in [0.3, 0.4) is 0 Å². The molecule has 2 heterocycles. The minimum Gasteiger partial charge on any atom is -0.354 e. The highest BCUT2D eigenvalue weighted by Crippen LogP contribution is 2.30. The van der Waals surface area contributed by atoms with E-state index in [2.05, 4.69) is 28.8 Å². The number of hydrogen-bond acceptors (Lipinski definition) is 4. The normalized spacial score (nSPS) is 10.9. The zero-order valence-electron chi connectivity index (χ0n) is 14.7. The lowest BCUT2D eigenvalue weighted by atomic mass is 10.1. The maximum atomic E-state index is 12.9. The Morgan fingerprint density at radius 2 is 2.04 bits per heavy atom. The molecule has 3 rings (SSSR count). The van der Waals surface area contributed by atoms with Crippen molar-refractivity contribution in [2.45, 2.75) is 25.3 Å². The number of benzene rings is 1. The van der Waals surface area contributed by atoms with E-state index in [1.165, 1.54) is 34.3 Å². The van der Waals surface area contributed by atoms with Crippen molar-refractivity contribution in [3.63, 3.8) is 0 Å². The van der Waals surface area contributed by atoms with E-state index in [9.17, 15) is 9.18 Å². The van der Waals surface area contributed by atoms with Crippen molar-refractivity contribution < 1.29 is 9.18 Å². The topological polar surface area (TPSA) is 46.9 Å². The molecule has 0 aliphatic rings. The Labute approximate surface area is 160 Å². The Balaban J connectivity index is 1.49. The van der Waals surface area contributed by atoms with Crippen LogP contribution in [-0.2, 0) is 11.3 Å². The van der Waals surface area contributed by atoms with Crippen LogP contribution in [0.25, 0.3) is 10.4 Å². The van der Waals surface area contributed by atoms with Crippen LogP contribution < -0.4 is 5.32 Å². The second-order valence-electron chi connectivity index (χ2n) is 5.84. The van der Waals surface area contributed by atoms with Crippen LogP contribution in [0.1, 0.15) is 11.4 Å². The molecule has 0 aliphatic carbocycles. The molecule has 3 aromatic rings. The van der Waals surface area contributed by atoms with Gasteiger partial charge in [0.1, 0.15) is 5.82 Å². The van der Waals surface area contributed by atoms with Gasteiger partial charge in [-0.3, -0.25) is 9.48 Å². The van der Waals surface area contributed by atoms with Crippen LogP contribution in [0.5, 0.6) is 0 Å². The zero-order chi connectivity index (χ0) is 18.5. The molecule has 0 bridgehead atoms. The third-order valence-corrected chi connectivity index (χ3v) is 5.88. The second kappa shape index (κ2) is 8.51. The predicted octanol–water partition coefficient (Wildman–Crippen LogP) is 4.28. The number of thioether (sulfide) groups is 1. The number of hydrogen-bond donors (Lipinski definition) is 1. The molecule has 1 aromatic carbocycles. The molecule has 0 radical (unpaired) electrons. The Morgan fingerprint density at radius 1 is 1.27 bits per heavy atom. The van der Waals surface area contributed by atoms with Crippen LogP contribution in [0.15, 0.2) is 46.7 Å². The fourth-order valence-corrected chi connectivity index (χ4v) is 4.33. The van der Waals surface area contributed by atoms with Gasteiger partial charge in [-0.25, -0.2) is 4.39 Å². The van der Waals surface area contributed by atoms with Crippen LogP contribution in [0.2, 0.25) is 0 Å². The number of carbonyl (C=O) groups is 1. The number of carbonyl (C=O) groups excluding carboxylic acids is 1. The molecule has 2 aromatic heterocycles. The van der Waals surface area contributed by atoms with Crippen LogP contribution >= 0.6 is 23.1 Å². The van der Waals surface area contributed by atoms with Gasteiger partial charge in [-0.15, -0.1) is 23.1 Å². The smallest absolute Gasteiger partial charge is 0.230 e. The summed E-state index contributed by atoms with van der Waals surface area (Å²) in [5.74, 6) is -0.00614. The van der Waals surface area contributed by atoms with Gasteiger partial charge in [0, 0.05) is 27.6 Å². The fourth-order valence-electron chi connectivity index (χ4n) is 2.72. The van der Waals surface area contributed by atoms with Crippen molar-refractivity contribution >= 4 is 29.0 Å². The van der Waals surface area contributed by atoms with Crippen molar-refractivity contribution in [1.82, 2.24) is 15.1 Å². The molecule has 0 spiro atoms. The van der Waals surface area contributed by atoms with Gasteiger partial charge >= 0.3 is 0 Å². The number of nitrogens with one attached hydrogen (secondary N) is 1. The van der Waals surface area contributed by atoms with Crippen molar-refractivity contribution in [1.29, 1.82) is 0 Å². The first-order chi connectivity index (χ1) is 12.5. The van der Waals surface area contributed by atoms with E-state index >= 15 is 0 Å². The Kier molecular flexibility index (Phi) is 6.11. The van der Waals surface area contributed by atoms with E-state index in [4.69, 9.17) is 0 Å². The molecule has 0 saturated carbocycles. The van der Waals surface area contributed by atoms with Gasteiger partial charge in [-0.1, -0.05) is 6.07 Å². The maximum absolute atomic E-state index is 12.9. The average molecular weight is 390 g/mol. The quantitative estimate of drug-likeness (QED) is 0.614. The predicted molar refractivity (Wildman–Crippen MR) is 105 cm³/mol. The van der Waals surface area contributed by atoms with E-state index in [0.29, 0.717) is 18.8 Å². The monoisotopic (exact) mass is 389 g/mol. The standard InChI is InChI=1S/C19H20FN3OS2/c1-13-19(17-4-3-11-25-17)14(2)23(22-13)10-9-21-18(24)12-26-16-7-5-15(20)6-8-16/h3-8,11H,9-10,12H2,1-2H3,(H,21,24). The number of aromatic nitrogens is 2. The number of nitrogens with zero attached hydrogens (tertiary/aromatic N) is 2. The fraction of sp³-hybridized carbons (Fsp3) is 0.263. The molecule has 1 N–H and O–H groups in total. The summed E-state index contributed by atoms with van der Waals surface area (Å²) in [4.78, 5) is 14.1. The number of halogens is 1. The Bertz CT molecular complexity index is 873. The van der Waals surface area contributed by atoms with Crippen LogP contribution in [0, 0.1) is 19.7 Å². The number of rotatable bonds is 7. The van der Waals surface area contributed by atoms with Gasteiger partial charge in [0.05, 0.1) is 18.0 Å². The van der Waals surface area contributed by atoms with Gasteiger partial charge in [-0.2, -0.15) is 5.10 Å². The first-order valence-electron chi connectivity index (χ1n) is 8.27. The number of thiophene rings is 1. The van der Waals surface area contributed by atoms with Crippen molar-refractivity contribution in [2.75, 3.05) is 12.3 Å². The highest BCUT2D eigenvalue weighted by molar-refractivity contribution is 8.00. The van der Waals surface area contributed by atoms with Gasteiger partial charge < -0.3 is 5.32 Å².